The lowest BCUT2D eigenvalue weighted by Crippen LogP contribution is -2.35. The second-order valence-corrected chi connectivity index (χ2v) is 13.8. The number of nitrogens with zero attached hydrogens (tertiary/aromatic N) is 1. The van der Waals surface area contributed by atoms with Crippen LogP contribution in [0, 0.1) is 5.92 Å². The molecule has 1 aliphatic heterocycles. The van der Waals surface area contributed by atoms with Gasteiger partial charge in [-0.05, 0) is 110 Å². The van der Waals surface area contributed by atoms with Gasteiger partial charge in [-0.15, -0.1) is 0 Å². The van der Waals surface area contributed by atoms with Crippen molar-refractivity contribution in [2.24, 2.45) is 5.92 Å². The summed E-state index contributed by atoms with van der Waals surface area (Å²) < 4.78 is 11.7. The van der Waals surface area contributed by atoms with E-state index in [1.165, 1.54) is 17.7 Å². The van der Waals surface area contributed by atoms with Crippen LogP contribution < -0.4 is 15.6 Å². The predicted molar refractivity (Wildman–Crippen MR) is 206 cm³/mol. The number of carbonyl (C=O) groups excluding carboxylic acids is 1. The van der Waals surface area contributed by atoms with E-state index in [4.69, 9.17) is 9.47 Å². The van der Waals surface area contributed by atoms with Gasteiger partial charge in [-0.25, -0.2) is 0 Å². The maximum atomic E-state index is 12.9. The average molecular weight is 720 g/mol. The van der Waals surface area contributed by atoms with Crippen molar-refractivity contribution in [3.63, 3.8) is 0 Å². The van der Waals surface area contributed by atoms with E-state index in [9.17, 15) is 24.9 Å². The number of aromatic nitrogens is 1. The molecule has 0 bridgehead atoms. The lowest BCUT2D eigenvalue weighted by Gasteiger charge is -2.31. The van der Waals surface area contributed by atoms with Gasteiger partial charge in [0.1, 0.15) is 17.2 Å². The number of hydrogen-bond acceptors (Lipinski definition) is 9. The highest BCUT2D eigenvalue weighted by atomic mass is 16.5. The third-order valence-corrected chi connectivity index (χ3v) is 9.91. The van der Waals surface area contributed by atoms with E-state index < -0.39 is 6.10 Å². The molecule has 10 nitrogen and oxygen atoms in total. The quantitative estimate of drug-likeness (QED) is 0.0539. The topological polar surface area (TPSA) is 144 Å². The maximum absolute atomic E-state index is 12.9. The summed E-state index contributed by atoms with van der Waals surface area (Å²) in [7, 11) is 0. The molecule has 53 heavy (non-hydrogen) atoms. The summed E-state index contributed by atoms with van der Waals surface area (Å²) in [5.74, 6) is 0.870. The maximum Gasteiger partial charge on any atom is 0.310 e. The molecule has 1 atom stereocenters. The molecule has 0 unspecified atom stereocenters. The largest absolute Gasteiger partial charge is 0.507 e. The number of carbonyl (C=O) groups is 1. The van der Waals surface area contributed by atoms with Crippen molar-refractivity contribution in [2.45, 2.75) is 51.2 Å². The van der Waals surface area contributed by atoms with Gasteiger partial charge in [0, 0.05) is 30.1 Å². The molecule has 1 saturated heterocycles. The number of aliphatic hydroxyl groups is 1. The summed E-state index contributed by atoms with van der Waals surface area (Å²) in [6, 6.07) is 29.4. The zero-order valence-corrected chi connectivity index (χ0v) is 30.0. The monoisotopic (exact) mass is 719 g/mol. The number of benzene rings is 4. The van der Waals surface area contributed by atoms with Gasteiger partial charge in [0.05, 0.1) is 31.3 Å². The van der Waals surface area contributed by atoms with Crippen LogP contribution in [0.5, 0.6) is 17.2 Å². The van der Waals surface area contributed by atoms with Gasteiger partial charge < -0.3 is 35.1 Å². The zero-order valence-electron chi connectivity index (χ0n) is 30.0. The van der Waals surface area contributed by atoms with E-state index in [1.54, 1.807) is 24.3 Å². The van der Waals surface area contributed by atoms with Gasteiger partial charge in [-0.3, -0.25) is 14.5 Å². The summed E-state index contributed by atoms with van der Waals surface area (Å²) in [6.07, 6.45) is 4.00. The number of phenols is 2. The van der Waals surface area contributed by atoms with Crippen molar-refractivity contribution in [2.75, 3.05) is 39.4 Å². The number of aliphatic hydroxyl groups excluding tert-OH is 1. The Hall–Kier alpha value is -5.16. The van der Waals surface area contributed by atoms with Crippen LogP contribution in [0.2, 0.25) is 0 Å². The van der Waals surface area contributed by atoms with E-state index in [1.807, 2.05) is 36.4 Å². The zero-order chi connectivity index (χ0) is 37.0. The predicted octanol–water partition coefficient (Wildman–Crippen LogP) is 6.48. The lowest BCUT2D eigenvalue weighted by atomic mass is 9.96. The fourth-order valence-corrected chi connectivity index (χ4v) is 6.97. The Morgan fingerprint density at radius 2 is 1.66 bits per heavy atom. The average Bonchev–Trinajstić information content (AvgIpc) is 3.17. The molecule has 0 saturated carbocycles. The SMILES string of the molecule is O=C(Cc1cccc(O)c1-c1ccc(OCCCCCNC[C@H](O)c2ccc(O)c3[nH]c(=O)ccc23)cc1)OCC1CCN(Cc2ccccc2)CC1. The van der Waals surface area contributed by atoms with Crippen LogP contribution in [-0.2, 0) is 22.5 Å². The van der Waals surface area contributed by atoms with E-state index in [2.05, 4.69) is 39.5 Å². The highest BCUT2D eigenvalue weighted by Crippen LogP contribution is 2.34. The molecule has 2 heterocycles. The molecule has 0 radical (unpaired) electrons. The Bertz CT molecular complexity index is 1990. The first-order chi connectivity index (χ1) is 25.8. The van der Waals surface area contributed by atoms with Crippen molar-refractivity contribution < 1.29 is 29.6 Å². The summed E-state index contributed by atoms with van der Waals surface area (Å²) in [5, 5.41) is 35.5. The number of pyridine rings is 1. The number of aromatic amines is 1. The van der Waals surface area contributed by atoms with Crippen molar-refractivity contribution in [3.8, 4) is 28.4 Å². The second-order valence-electron chi connectivity index (χ2n) is 13.8. The van der Waals surface area contributed by atoms with Gasteiger partial charge in [0.2, 0.25) is 5.56 Å². The fraction of sp³-hybridized carbons (Fsp3) is 0.349. The summed E-state index contributed by atoms with van der Waals surface area (Å²) in [6.45, 7) is 4.97. The summed E-state index contributed by atoms with van der Waals surface area (Å²) in [5.41, 5.74) is 4.10. The lowest BCUT2D eigenvalue weighted by molar-refractivity contribution is -0.144. The Morgan fingerprint density at radius 3 is 2.45 bits per heavy atom. The normalized spacial score (nSPS) is 14.3. The minimum absolute atomic E-state index is 0.0318. The first-order valence-corrected chi connectivity index (χ1v) is 18.5. The molecule has 0 spiro atoms. The van der Waals surface area contributed by atoms with Crippen molar-refractivity contribution in [1.82, 2.24) is 15.2 Å². The van der Waals surface area contributed by atoms with Gasteiger partial charge >= 0.3 is 5.97 Å². The number of ether oxygens (including phenoxy) is 2. The molecule has 1 aromatic heterocycles. The third-order valence-electron chi connectivity index (χ3n) is 9.91. The van der Waals surface area contributed by atoms with Crippen LogP contribution in [0.15, 0.2) is 102 Å². The molecule has 5 N–H and O–H groups in total. The molecular weight excluding hydrogens is 670 g/mol. The van der Waals surface area contributed by atoms with Crippen molar-refractivity contribution in [3.05, 3.63) is 124 Å². The van der Waals surface area contributed by atoms with Crippen LogP contribution in [0.3, 0.4) is 0 Å². The van der Waals surface area contributed by atoms with Gasteiger partial charge in [0.15, 0.2) is 0 Å². The number of nitrogens with one attached hydrogen (secondary N) is 2. The Balaban J connectivity index is 0.889. The van der Waals surface area contributed by atoms with Gasteiger partial charge in [-0.1, -0.05) is 60.7 Å². The number of likely N-dealkylation sites (tertiary alicyclic amines) is 1. The second kappa shape index (κ2) is 18.6. The van der Waals surface area contributed by atoms with E-state index >= 15 is 0 Å². The van der Waals surface area contributed by atoms with Crippen LogP contribution >= 0.6 is 0 Å². The highest BCUT2D eigenvalue weighted by Gasteiger charge is 2.22. The number of phenolic OH excluding ortho intramolecular Hbond substituents is 2. The molecule has 278 valence electrons. The standard InChI is InChI=1S/C43H49N3O7/c47-37-11-7-10-33(26-41(51)53-29-31-20-23-46(24-21-31)28-30-8-3-1-4-9-30)42(37)32-12-14-34(15-13-32)52-25-6-2-5-22-44-27-39(49)35-16-18-38(48)43-36(35)17-19-40(50)45-43/h1,3-4,7-19,31,39,44,47-49H,2,5-6,20-29H2,(H,45,50)/t39-/m0/s1. The molecule has 1 fully saturated rings. The van der Waals surface area contributed by atoms with Gasteiger partial charge in [0.25, 0.3) is 0 Å². The van der Waals surface area contributed by atoms with Crippen molar-refractivity contribution >= 4 is 16.9 Å². The third kappa shape index (κ3) is 10.5. The fourth-order valence-electron chi connectivity index (χ4n) is 6.97. The van der Waals surface area contributed by atoms with Gasteiger partial charge in [-0.2, -0.15) is 0 Å². The Kier molecular flexibility index (Phi) is 13.2. The number of piperidine rings is 1. The molecular formula is C43H49N3O7. The number of fused-ring (bicyclic) bond motifs is 1. The minimum atomic E-state index is -0.790. The number of esters is 1. The van der Waals surface area contributed by atoms with Crippen molar-refractivity contribution in [1.29, 1.82) is 0 Å². The smallest absolute Gasteiger partial charge is 0.310 e. The molecule has 0 aliphatic carbocycles. The number of aromatic hydroxyl groups is 2. The molecule has 0 amide bonds. The number of H-pyrrole nitrogens is 1. The first-order valence-electron chi connectivity index (χ1n) is 18.5. The number of rotatable bonds is 17. The van der Waals surface area contributed by atoms with Crippen LogP contribution in [0.25, 0.3) is 22.0 Å². The molecule has 1 aliphatic rings. The van der Waals surface area contributed by atoms with Crippen LogP contribution in [0.4, 0.5) is 0 Å². The van der Waals surface area contributed by atoms with E-state index in [-0.39, 0.29) is 29.4 Å². The summed E-state index contributed by atoms with van der Waals surface area (Å²) in [4.78, 5) is 29.7. The van der Waals surface area contributed by atoms with E-state index in [0.29, 0.717) is 47.7 Å². The van der Waals surface area contributed by atoms with Crippen LogP contribution in [-0.4, -0.2) is 70.6 Å². The number of unbranched alkanes of at least 4 members (excludes halogenated alkanes) is 2. The van der Waals surface area contributed by atoms with E-state index in [0.717, 1.165) is 75.2 Å². The summed E-state index contributed by atoms with van der Waals surface area (Å²) >= 11 is 0. The van der Waals surface area contributed by atoms with Crippen LogP contribution in [0.1, 0.15) is 54.9 Å². The number of hydrogen-bond donors (Lipinski definition) is 5. The molecule has 6 rings (SSSR count). The minimum Gasteiger partial charge on any atom is -0.507 e. The first kappa shape index (κ1) is 37.6. The Morgan fingerprint density at radius 1 is 0.868 bits per heavy atom. The molecule has 10 heteroatoms. The molecule has 4 aromatic carbocycles. The highest BCUT2D eigenvalue weighted by molar-refractivity contribution is 5.87. The Labute approximate surface area is 310 Å². The molecule has 5 aromatic rings.